The van der Waals surface area contributed by atoms with E-state index in [4.69, 9.17) is 5.11 Å². The van der Waals surface area contributed by atoms with E-state index in [1.807, 2.05) is 0 Å². The smallest absolute Gasteiger partial charge is 0.433 e. The minimum Gasteiger partial charge on any atom is -0.478 e. The van der Waals surface area contributed by atoms with Crippen LogP contribution < -0.4 is 0 Å². The standard InChI is InChI=1S/C15H11F3N4O4S/c1-2-27(25,26)11-3-8(14(23)24)5-20-13(11)22-7-9-6-19-12(15(16,17)18)4-10(9)21-22/h3-7H,2H2,1H3,(H,23,24). The minimum atomic E-state index is -4.66. The maximum Gasteiger partial charge on any atom is 0.433 e. The number of fused-ring (bicyclic) bond motifs is 1. The Morgan fingerprint density at radius 2 is 1.93 bits per heavy atom. The van der Waals surface area contributed by atoms with Crippen molar-refractivity contribution >= 4 is 26.7 Å². The number of aromatic nitrogens is 4. The number of nitrogens with zero attached hydrogens (tertiary/aromatic N) is 4. The number of carboxylic acid groups (broad SMARTS) is 1. The molecule has 0 fully saturated rings. The van der Waals surface area contributed by atoms with Gasteiger partial charge in [-0.25, -0.2) is 22.9 Å². The summed E-state index contributed by atoms with van der Waals surface area (Å²) in [5.74, 6) is -1.91. The van der Waals surface area contributed by atoms with E-state index in [1.54, 1.807) is 0 Å². The van der Waals surface area contributed by atoms with Gasteiger partial charge in [0.15, 0.2) is 15.7 Å². The van der Waals surface area contributed by atoms with Crippen molar-refractivity contribution in [3.05, 3.63) is 42.0 Å². The highest BCUT2D eigenvalue weighted by Gasteiger charge is 2.33. The van der Waals surface area contributed by atoms with Gasteiger partial charge in [0.1, 0.15) is 10.6 Å². The van der Waals surface area contributed by atoms with Gasteiger partial charge in [0.05, 0.1) is 16.8 Å². The molecular weight excluding hydrogens is 389 g/mol. The van der Waals surface area contributed by atoms with Crippen LogP contribution in [-0.4, -0.2) is 45.0 Å². The van der Waals surface area contributed by atoms with Gasteiger partial charge in [-0.3, -0.25) is 4.98 Å². The van der Waals surface area contributed by atoms with Crippen molar-refractivity contribution in [1.82, 2.24) is 19.7 Å². The predicted molar refractivity (Wildman–Crippen MR) is 86.3 cm³/mol. The molecule has 0 atom stereocenters. The third-order valence-electron chi connectivity index (χ3n) is 3.69. The van der Waals surface area contributed by atoms with Gasteiger partial charge >= 0.3 is 12.1 Å². The summed E-state index contributed by atoms with van der Waals surface area (Å²) in [5.41, 5.74) is -1.55. The van der Waals surface area contributed by atoms with Gasteiger partial charge in [-0.15, -0.1) is 0 Å². The molecular formula is C15H11F3N4O4S. The SMILES string of the molecule is CCS(=O)(=O)c1cc(C(=O)O)cnc1-n1cc2cnc(C(F)(F)F)cc2n1. The Hall–Kier alpha value is -3.02. The molecule has 8 nitrogen and oxygen atoms in total. The van der Waals surface area contributed by atoms with Gasteiger partial charge in [-0.1, -0.05) is 6.92 Å². The molecule has 0 aliphatic rings. The average Bonchev–Trinajstić information content (AvgIpc) is 3.03. The van der Waals surface area contributed by atoms with Crippen LogP contribution in [0.5, 0.6) is 0 Å². The van der Waals surface area contributed by atoms with E-state index in [-0.39, 0.29) is 32.9 Å². The van der Waals surface area contributed by atoms with Crippen LogP contribution in [0.3, 0.4) is 0 Å². The monoisotopic (exact) mass is 400 g/mol. The molecule has 0 aromatic carbocycles. The van der Waals surface area contributed by atoms with Crippen molar-refractivity contribution < 1.29 is 31.5 Å². The quantitative estimate of drug-likeness (QED) is 0.715. The van der Waals surface area contributed by atoms with Crippen molar-refractivity contribution in [2.45, 2.75) is 18.0 Å². The first kappa shape index (κ1) is 18.8. The van der Waals surface area contributed by atoms with Gasteiger partial charge in [-0.05, 0) is 12.1 Å². The molecule has 27 heavy (non-hydrogen) atoms. The maximum absolute atomic E-state index is 12.8. The molecule has 3 heterocycles. The fourth-order valence-corrected chi connectivity index (χ4v) is 3.33. The number of alkyl halides is 3. The zero-order valence-corrected chi connectivity index (χ0v) is 14.4. The molecule has 142 valence electrons. The van der Waals surface area contributed by atoms with Crippen molar-refractivity contribution in [2.24, 2.45) is 0 Å². The summed E-state index contributed by atoms with van der Waals surface area (Å²) >= 11 is 0. The van der Waals surface area contributed by atoms with Gasteiger partial charge in [-0.2, -0.15) is 18.3 Å². The van der Waals surface area contributed by atoms with E-state index in [0.717, 1.165) is 29.2 Å². The molecule has 3 rings (SSSR count). The Morgan fingerprint density at radius 1 is 1.22 bits per heavy atom. The highest BCUT2D eigenvalue weighted by atomic mass is 32.2. The lowest BCUT2D eigenvalue weighted by atomic mass is 10.3. The number of sulfone groups is 1. The molecule has 0 saturated carbocycles. The third-order valence-corrected chi connectivity index (χ3v) is 5.42. The molecule has 0 spiro atoms. The highest BCUT2D eigenvalue weighted by Crippen LogP contribution is 2.29. The zero-order valence-electron chi connectivity index (χ0n) is 13.6. The summed E-state index contributed by atoms with van der Waals surface area (Å²) < 4.78 is 64.0. The molecule has 1 N–H and O–H groups in total. The maximum atomic E-state index is 12.8. The molecule has 0 bridgehead atoms. The van der Waals surface area contributed by atoms with Crippen LogP contribution in [0.2, 0.25) is 0 Å². The predicted octanol–water partition coefficient (Wildman–Crippen LogP) is 2.33. The van der Waals surface area contributed by atoms with E-state index < -0.39 is 27.7 Å². The van der Waals surface area contributed by atoms with Crippen LogP contribution in [0, 0.1) is 0 Å². The lowest BCUT2D eigenvalue weighted by Gasteiger charge is -2.09. The van der Waals surface area contributed by atoms with E-state index in [0.29, 0.717) is 0 Å². The van der Waals surface area contributed by atoms with Gasteiger partial charge in [0.25, 0.3) is 0 Å². The Morgan fingerprint density at radius 3 is 2.52 bits per heavy atom. The van der Waals surface area contributed by atoms with E-state index in [9.17, 15) is 26.4 Å². The number of halogens is 3. The molecule has 0 radical (unpaired) electrons. The summed E-state index contributed by atoms with van der Waals surface area (Å²) in [6.07, 6.45) is -1.49. The summed E-state index contributed by atoms with van der Waals surface area (Å²) in [7, 11) is -3.88. The molecule has 3 aromatic heterocycles. The number of pyridine rings is 2. The fraction of sp³-hybridized carbons (Fsp3) is 0.200. The Labute approximate surface area is 150 Å². The molecule has 0 unspecified atom stereocenters. The second-order valence-electron chi connectivity index (χ2n) is 5.45. The first-order valence-electron chi connectivity index (χ1n) is 7.42. The van der Waals surface area contributed by atoms with Crippen molar-refractivity contribution in [1.29, 1.82) is 0 Å². The summed E-state index contributed by atoms with van der Waals surface area (Å²) in [4.78, 5) is 17.9. The lowest BCUT2D eigenvalue weighted by Crippen LogP contribution is -2.13. The summed E-state index contributed by atoms with van der Waals surface area (Å²) in [6, 6.07) is 1.67. The van der Waals surface area contributed by atoms with Crippen LogP contribution in [0.15, 0.2) is 35.6 Å². The highest BCUT2D eigenvalue weighted by molar-refractivity contribution is 7.91. The summed E-state index contributed by atoms with van der Waals surface area (Å²) in [6.45, 7) is 1.37. The largest absolute Gasteiger partial charge is 0.478 e. The van der Waals surface area contributed by atoms with Gasteiger partial charge in [0, 0.05) is 24.0 Å². The molecule has 0 saturated heterocycles. The average molecular weight is 400 g/mol. The second-order valence-corrected chi connectivity index (χ2v) is 7.70. The van der Waals surface area contributed by atoms with E-state index >= 15 is 0 Å². The Bertz CT molecular complexity index is 1160. The van der Waals surface area contributed by atoms with Crippen LogP contribution in [0.25, 0.3) is 16.7 Å². The molecule has 12 heteroatoms. The number of aromatic carboxylic acids is 1. The van der Waals surface area contributed by atoms with Crippen LogP contribution in [0.1, 0.15) is 23.0 Å². The van der Waals surface area contributed by atoms with Gasteiger partial charge < -0.3 is 5.11 Å². The lowest BCUT2D eigenvalue weighted by molar-refractivity contribution is -0.141. The van der Waals surface area contributed by atoms with Crippen molar-refractivity contribution in [3.8, 4) is 5.82 Å². The van der Waals surface area contributed by atoms with Crippen LogP contribution in [0.4, 0.5) is 13.2 Å². The second kappa shape index (κ2) is 6.30. The fourth-order valence-electron chi connectivity index (χ4n) is 2.29. The van der Waals surface area contributed by atoms with Crippen molar-refractivity contribution in [2.75, 3.05) is 5.75 Å². The molecule has 0 aliphatic carbocycles. The normalized spacial score (nSPS) is 12.4. The van der Waals surface area contributed by atoms with Crippen LogP contribution in [-0.2, 0) is 16.0 Å². The number of hydrogen-bond acceptors (Lipinski definition) is 6. The minimum absolute atomic E-state index is 0.0683. The first-order chi connectivity index (χ1) is 12.5. The zero-order chi connectivity index (χ0) is 20.0. The molecule has 0 amide bonds. The third kappa shape index (κ3) is 3.47. The Kier molecular flexibility index (Phi) is 4.38. The number of carboxylic acids is 1. The topological polar surface area (TPSA) is 115 Å². The van der Waals surface area contributed by atoms with E-state index in [2.05, 4.69) is 15.1 Å². The number of hydrogen-bond donors (Lipinski definition) is 1. The van der Waals surface area contributed by atoms with Crippen molar-refractivity contribution in [3.63, 3.8) is 0 Å². The molecule has 3 aromatic rings. The van der Waals surface area contributed by atoms with E-state index in [1.165, 1.54) is 13.1 Å². The molecule has 0 aliphatic heterocycles. The van der Waals surface area contributed by atoms with Crippen LogP contribution >= 0.6 is 0 Å². The Balaban J connectivity index is 2.22. The summed E-state index contributed by atoms with van der Waals surface area (Å²) in [5, 5.41) is 13.2. The number of carbonyl (C=O) groups is 1. The van der Waals surface area contributed by atoms with Gasteiger partial charge in [0.2, 0.25) is 0 Å². The number of rotatable bonds is 4. The first-order valence-corrected chi connectivity index (χ1v) is 9.07.